The van der Waals surface area contributed by atoms with Crippen LogP contribution in [0.3, 0.4) is 0 Å². The van der Waals surface area contributed by atoms with Crippen LogP contribution in [0.25, 0.3) is 0 Å². The van der Waals surface area contributed by atoms with Gasteiger partial charge >= 0.3 is 0 Å². The van der Waals surface area contributed by atoms with Crippen molar-refractivity contribution in [3.05, 3.63) is 22.5 Å². The van der Waals surface area contributed by atoms with Crippen molar-refractivity contribution in [1.29, 1.82) is 0 Å². The van der Waals surface area contributed by atoms with Gasteiger partial charge in [0.25, 0.3) is 5.91 Å². The number of aromatic nitrogens is 1. The van der Waals surface area contributed by atoms with Gasteiger partial charge in [0.2, 0.25) is 0 Å². The summed E-state index contributed by atoms with van der Waals surface area (Å²) in [5.74, 6) is 0.454. The molecule has 6 heteroatoms. The minimum absolute atomic E-state index is 0.0380. The van der Waals surface area contributed by atoms with Gasteiger partial charge in [0.1, 0.15) is 5.69 Å². The maximum atomic E-state index is 12.5. The third-order valence-electron chi connectivity index (χ3n) is 5.07. The van der Waals surface area contributed by atoms with E-state index in [2.05, 4.69) is 22.1 Å². The number of hydrogen-bond donors (Lipinski definition) is 3. The molecule has 1 aliphatic rings. The zero-order valence-corrected chi connectivity index (χ0v) is 15.8. The number of ketones is 1. The van der Waals surface area contributed by atoms with Crippen LogP contribution < -0.4 is 5.32 Å². The number of carbonyl (C=O) groups is 2. The second-order valence-corrected chi connectivity index (χ2v) is 7.24. The molecule has 1 aromatic rings. The van der Waals surface area contributed by atoms with E-state index in [1.54, 1.807) is 6.92 Å². The van der Waals surface area contributed by atoms with Crippen molar-refractivity contribution in [3.8, 4) is 0 Å². The molecule has 0 aromatic carbocycles. The van der Waals surface area contributed by atoms with Crippen molar-refractivity contribution in [2.75, 3.05) is 26.2 Å². The first-order valence-electron chi connectivity index (χ1n) is 9.24. The lowest BCUT2D eigenvalue weighted by Crippen LogP contribution is -2.43. The van der Waals surface area contributed by atoms with Gasteiger partial charge in [-0.25, -0.2) is 0 Å². The first-order chi connectivity index (χ1) is 11.8. The van der Waals surface area contributed by atoms with Gasteiger partial charge in [0, 0.05) is 24.3 Å². The Bertz CT molecular complexity index is 616. The maximum absolute atomic E-state index is 12.5. The molecule has 1 fully saturated rings. The number of H-pyrrole nitrogens is 1. The lowest BCUT2D eigenvalue weighted by Gasteiger charge is -2.31. The molecular weight excluding hydrogens is 318 g/mol. The average Bonchev–Trinajstić information content (AvgIpc) is 2.91. The Balaban J connectivity index is 1.92. The minimum Gasteiger partial charge on any atom is -0.390 e. The van der Waals surface area contributed by atoms with Crippen molar-refractivity contribution < 1.29 is 14.7 Å². The number of piperidine rings is 1. The number of hydrogen-bond acceptors (Lipinski definition) is 4. The van der Waals surface area contributed by atoms with Crippen LogP contribution in [-0.2, 0) is 6.42 Å². The van der Waals surface area contributed by atoms with Crippen LogP contribution in [0.5, 0.6) is 0 Å². The summed E-state index contributed by atoms with van der Waals surface area (Å²) >= 11 is 0. The van der Waals surface area contributed by atoms with Gasteiger partial charge in [0.05, 0.1) is 6.10 Å². The van der Waals surface area contributed by atoms with E-state index in [0.717, 1.165) is 43.1 Å². The number of nitrogens with one attached hydrogen (secondary N) is 2. The van der Waals surface area contributed by atoms with E-state index in [1.807, 2.05) is 6.92 Å². The Morgan fingerprint density at radius 1 is 1.36 bits per heavy atom. The van der Waals surface area contributed by atoms with Crippen LogP contribution in [0, 0.1) is 12.8 Å². The third kappa shape index (κ3) is 4.92. The number of aliphatic hydroxyl groups is 1. The van der Waals surface area contributed by atoms with Gasteiger partial charge < -0.3 is 20.3 Å². The van der Waals surface area contributed by atoms with Crippen LogP contribution in [0.2, 0.25) is 0 Å². The molecule has 0 radical (unpaired) electrons. The quantitative estimate of drug-likeness (QED) is 0.657. The number of β-amino-alcohol motifs (C(OH)–C–C–N with tert-alkyl or cyclic N) is 1. The second kappa shape index (κ2) is 8.63. The molecule has 1 saturated heterocycles. The fourth-order valence-corrected chi connectivity index (χ4v) is 3.61. The number of carbonyl (C=O) groups excluding carboxylic acids is 2. The summed E-state index contributed by atoms with van der Waals surface area (Å²) in [6.07, 6.45) is 2.34. The number of likely N-dealkylation sites (tertiary alicyclic amines) is 1. The minimum atomic E-state index is -0.592. The van der Waals surface area contributed by atoms with Crippen LogP contribution >= 0.6 is 0 Å². The summed E-state index contributed by atoms with van der Waals surface area (Å²) in [4.78, 5) is 29.6. The summed E-state index contributed by atoms with van der Waals surface area (Å²) < 4.78 is 0. The molecule has 1 atom stereocenters. The van der Waals surface area contributed by atoms with E-state index < -0.39 is 6.10 Å². The summed E-state index contributed by atoms with van der Waals surface area (Å²) in [6, 6.07) is 0. The first-order valence-corrected chi connectivity index (χ1v) is 9.24. The maximum Gasteiger partial charge on any atom is 0.268 e. The molecule has 0 aliphatic carbocycles. The van der Waals surface area contributed by atoms with E-state index >= 15 is 0 Å². The fraction of sp³-hybridized carbons (Fsp3) is 0.684. The first kappa shape index (κ1) is 19.7. The molecule has 2 rings (SSSR count). The van der Waals surface area contributed by atoms with Gasteiger partial charge in [0.15, 0.2) is 5.78 Å². The predicted octanol–water partition coefficient (Wildman–Crippen LogP) is 1.91. The van der Waals surface area contributed by atoms with Gasteiger partial charge in [-0.1, -0.05) is 13.8 Å². The SMILES string of the molecule is CCc1c(C(=O)NCC(O)CN2CCC(C)CC2)[nH]c(C)c1C(C)=O. The van der Waals surface area contributed by atoms with Crippen LogP contribution in [0.4, 0.5) is 0 Å². The highest BCUT2D eigenvalue weighted by Crippen LogP contribution is 2.20. The molecule has 6 nitrogen and oxygen atoms in total. The summed E-state index contributed by atoms with van der Waals surface area (Å²) in [6.45, 7) is 10.3. The van der Waals surface area contributed by atoms with E-state index in [9.17, 15) is 14.7 Å². The lowest BCUT2D eigenvalue weighted by molar-refractivity contribution is 0.0792. The number of aliphatic hydroxyl groups excluding tert-OH is 1. The Hall–Kier alpha value is -1.66. The Morgan fingerprint density at radius 2 is 2.00 bits per heavy atom. The highest BCUT2D eigenvalue weighted by Gasteiger charge is 2.23. The van der Waals surface area contributed by atoms with E-state index in [1.165, 1.54) is 6.92 Å². The van der Waals surface area contributed by atoms with Crippen LogP contribution in [-0.4, -0.2) is 59.0 Å². The smallest absolute Gasteiger partial charge is 0.268 e. The van der Waals surface area contributed by atoms with Gasteiger partial charge in [-0.05, 0) is 57.7 Å². The van der Waals surface area contributed by atoms with Gasteiger partial charge in [-0.2, -0.15) is 0 Å². The lowest BCUT2D eigenvalue weighted by atomic mass is 9.99. The highest BCUT2D eigenvalue weighted by atomic mass is 16.3. The molecule has 3 N–H and O–H groups in total. The Kier molecular flexibility index (Phi) is 6.79. The molecule has 1 unspecified atom stereocenters. The highest BCUT2D eigenvalue weighted by molar-refractivity contribution is 6.02. The summed E-state index contributed by atoms with van der Waals surface area (Å²) in [5.41, 5.74) is 2.51. The zero-order valence-electron chi connectivity index (χ0n) is 15.8. The Labute approximate surface area is 150 Å². The van der Waals surface area contributed by atoms with E-state index in [-0.39, 0.29) is 18.2 Å². The number of amides is 1. The van der Waals surface area contributed by atoms with Gasteiger partial charge in [-0.15, -0.1) is 0 Å². The van der Waals surface area contributed by atoms with Crippen molar-refractivity contribution in [1.82, 2.24) is 15.2 Å². The summed E-state index contributed by atoms with van der Waals surface area (Å²) in [5, 5.41) is 13.0. The predicted molar refractivity (Wildman–Crippen MR) is 98.1 cm³/mol. The molecular formula is C19H31N3O3. The fourth-order valence-electron chi connectivity index (χ4n) is 3.61. The number of aromatic amines is 1. The molecule has 2 heterocycles. The topological polar surface area (TPSA) is 85.4 Å². The largest absolute Gasteiger partial charge is 0.390 e. The summed E-state index contributed by atoms with van der Waals surface area (Å²) in [7, 11) is 0. The Morgan fingerprint density at radius 3 is 2.56 bits per heavy atom. The van der Waals surface area contributed by atoms with Crippen LogP contribution in [0.1, 0.15) is 65.7 Å². The second-order valence-electron chi connectivity index (χ2n) is 7.24. The zero-order chi connectivity index (χ0) is 18.6. The molecule has 25 heavy (non-hydrogen) atoms. The van der Waals surface area contributed by atoms with Crippen molar-refractivity contribution in [3.63, 3.8) is 0 Å². The average molecular weight is 349 g/mol. The number of nitrogens with zero attached hydrogens (tertiary/aromatic N) is 1. The van der Waals surface area contributed by atoms with E-state index in [4.69, 9.17) is 0 Å². The van der Waals surface area contributed by atoms with E-state index in [0.29, 0.717) is 24.2 Å². The molecule has 1 amide bonds. The van der Waals surface area contributed by atoms with Crippen molar-refractivity contribution in [2.24, 2.45) is 5.92 Å². The molecule has 0 bridgehead atoms. The number of aryl methyl sites for hydroxylation is 1. The standard InChI is InChI=1S/C19H31N3O3/c1-5-16-17(14(4)23)13(3)21-18(16)19(25)20-10-15(24)11-22-8-6-12(2)7-9-22/h12,15,21,24H,5-11H2,1-4H3,(H,20,25). The van der Waals surface area contributed by atoms with Crippen LogP contribution in [0.15, 0.2) is 0 Å². The van der Waals surface area contributed by atoms with Gasteiger partial charge in [-0.3, -0.25) is 9.59 Å². The molecule has 140 valence electrons. The monoisotopic (exact) mass is 349 g/mol. The molecule has 0 saturated carbocycles. The third-order valence-corrected chi connectivity index (χ3v) is 5.07. The van der Waals surface area contributed by atoms with Crippen molar-refractivity contribution in [2.45, 2.75) is 53.1 Å². The molecule has 0 spiro atoms. The molecule has 1 aromatic heterocycles. The number of Topliss-reactive ketones (excluding diaryl/α,β-unsaturated/α-hetero) is 1. The normalized spacial score (nSPS) is 17.5. The van der Waals surface area contributed by atoms with Crippen molar-refractivity contribution >= 4 is 11.7 Å². The number of rotatable bonds is 7. The molecule has 1 aliphatic heterocycles.